The van der Waals surface area contributed by atoms with Gasteiger partial charge in [0.2, 0.25) is 0 Å². The summed E-state index contributed by atoms with van der Waals surface area (Å²) in [4.78, 5) is 22.9. The third-order valence-electron chi connectivity index (χ3n) is 2.80. The van der Waals surface area contributed by atoms with Crippen LogP contribution in [0.1, 0.15) is 20.7 Å². The van der Waals surface area contributed by atoms with Crippen LogP contribution in [0.15, 0.2) is 42.5 Å². The van der Waals surface area contributed by atoms with Crippen molar-refractivity contribution in [2.24, 2.45) is 0 Å². The van der Waals surface area contributed by atoms with E-state index >= 15 is 0 Å². The lowest BCUT2D eigenvalue weighted by atomic mass is 10.1. The molecule has 21 heavy (non-hydrogen) atoms. The second kappa shape index (κ2) is 5.96. The third-order valence-corrected chi connectivity index (χ3v) is 2.80. The van der Waals surface area contributed by atoms with Crippen molar-refractivity contribution in [3.05, 3.63) is 53.6 Å². The highest BCUT2D eigenvalue weighted by molar-refractivity contribution is 6.05. The Morgan fingerprint density at radius 1 is 1.19 bits per heavy atom. The van der Waals surface area contributed by atoms with E-state index in [2.05, 4.69) is 5.32 Å². The van der Waals surface area contributed by atoms with Crippen LogP contribution >= 0.6 is 0 Å². The fourth-order valence-corrected chi connectivity index (χ4v) is 1.74. The molecule has 0 saturated heterocycles. The van der Waals surface area contributed by atoms with E-state index in [0.717, 1.165) is 12.1 Å². The van der Waals surface area contributed by atoms with Crippen LogP contribution in [0.25, 0.3) is 0 Å². The Morgan fingerprint density at radius 2 is 1.95 bits per heavy atom. The Kier molecular flexibility index (Phi) is 4.08. The van der Waals surface area contributed by atoms with Crippen LogP contribution < -0.4 is 15.2 Å². The summed E-state index contributed by atoms with van der Waals surface area (Å²) in [5.41, 5.74) is 0.204. The van der Waals surface area contributed by atoms with Gasteiger partial charge >= 0.3 is 5.97 Å². The van der Waals surface area contributed by atoms with Gasteiger partial charge in [0.05, 0.1) is 12.7 Å². The molecule has 0 unspecified atom stereocenters. The second-order valence-electron chi connectivity index (χ2n) is 4.20. The number of hydrogen-bond acceptors (Lipinski definition) is 4. The number of rotatable bonds is 4. The molecule has 0 aliphatic rings. The smallest absolute Gasteiger partial charge is 0.335 e. The Balaban J connectivity index is 2.23. The highest BCUT2D eigenvalue weighted by Gasteiger charge is 2.10. The lowest BCUT2D eigenvalue weighted by molar-refractivity contribution is -0.268. The number of carbonyl (C=O) groups excluding carboxylic acids is 1. The van der Waals surface area contributed by atoms with Crippen LogP contribution in [0.2, 0.25) is 0 Å². The normalized spacial score (nSPS) is 9.95. The van der Waals surface area contributed by atoms with Crippen LogP contribution in [0, 0.1) is 0 Å². The van der Waals surface area contributed by atoms with Crippen molar-refractivity contribution in [1.29, 1.82) is 0 Å². The van der Waals surface area contributed by atoms with E-state index in [0.29, 0.717) is 11.3 Å². The van der Waals surface area contributed by atoms with Crippen molar-refractivity contribution >= 4 is 17.6 Å². The topological polar surface area (TPSA) is 98.7 Å². The fourth-order valence-electron chi connectivity index (χ4n) is 1.74. The minimum absolute atomic E-state index is 0.236. The number of hydrogen-bond donors (Lipinski definition) is 2. The predicted molar refractivity (Wildman–Crippen MR) is 73.8 cm³/mol. The molecule has 0 aliphatic heterocycles. The van der Waals surface area contributed by atoms with Crippen molar-refractivity contribution in [1.82, 2.24) is 0 Å². The van der Waals surface area contributed by atoms with Gasteiger partial charge in [-0.3, -0.25) is 4.79 Å². The highest BCUT2D eigenvalue weighted by atomic mass is 16.5. The first-order valence-corrected chi connectivity index (χ1v) is 6.01. The van der Waals surface area contributed by atoms with E-state index in [1.54, 1.807) is 24.3 Å². The zero-order valence-electron chi connectivity index (χ0n) is 11.1. The van der Waals surface area contributed by atoms with E-state index < -0.39 is 23.2 Å². The number of carboxylic acids is 1. The monoisotopic (exact) mass is 286 g/mol. The van der Waals surface area contributed by atoms with E-state index in [4.69, 9.17) is 9.84 Å². The minimum Gasteiger partial charge on any atom is -0.872 e. The van der Waals surface area contributed by atoms with Gasteiger partial charge in [-0.05, 0) is 30.3 Å². The number of carboxylic acid groups (broad SMARTS) is 1. The van der Waals surface area contributed by atoms with Gasteiger partial charge in [0.25, 0.3) is 5.91 Å². The molecule has 1 amide bonds. The van der Waals surface area contributed by atoms with Crippen LogP contribution in [0.4, 0.5) is 5.69 Å². The van der Waals surface area contributed by atoms with Crippen molar-refractivity contribution in [2.75, 3.05) is 12.4 Å². The van der Waals surface area contributed by atoms with Gasteiger partial charge < -0.3 is 20.3 Å². The summed E-state index contributed by atoms with van der Waals surface area (Å²) in [5.74, 6) is -1.84. The fraction of sp³-hybridized carbons (Fsp3) is 0.0667. The Bertz CT molecular complexity index is 696. The van der Waals surface area contributed by atoms with Gasteiger partial charge in [0.1, 0.15) is 5.75 Å². The molecular formula is C15H12NO5-. The van der Waals surface area contributed by atoms with Crippen LogP contribution in [-0.4, -0.2) is 24.1 Å². The molecule has 2 aromatic rings. The number of ether oxygens (including phenoxy) is 1. The summed E-state index contributed by atoms with van der Waals surface area (Å²) in [6.07, 6.45) is 0. The summed E-state index contributed by atoms with van der Waals surface area (Å²) < 4.78 is 5.02. The molecular weight excluding hydrogens is 274 g/mol. The molecule has 0 fully saturated rings. The number of anilines is 1. The number of methoxy groups -OCH3 is 1. The number of nitrogens with one attached hydrogen (secondary N) is 1. The van der Waals surface area contributed by atoms with Crippen molar-refractivity contribution in [2.45, 2.75) is 0 Å². The maximum absolute atomic E-state index is 12.1. The van der Waals surface area contributed by atoms with Gasteiger partial charge in [0.15, 0.2) is 0 Å². The number of amides is 1. The van der Waals surface area contributed by atoms with Crippen molar-refractivity contribution < 1.29 is 24.5 Å². The zero-order valence-corrected chi connectivity index (χ0v) is 11.1. The first-order valence-electron chi connectivity index (χ1n) is 6.01. The molecule has 2 N–H and O–H groups in total. The van der Waals surface area contributed by atoms with Gasteiger partial charge in [-0.2, -0.15) is 0 Å². The predicted octanol–water partition coefficient (Wildman–Crippen LogP) is 1.72. The van der Waals surface area contributed by atoms with Gasteiger partial charge in [-0.15, -0.1) is 0 Å². The molecule has 2 rings (SSSR count). The first-order chi connectivity index (χ1) is 10.0. The molecule has 6 heteroatoms. The largest absolute Gasteiger partial charge is 0.872 e. The van der Waals surface area contributed by atoms with E-state index in [-0.39, 0.29) is 5.69 Å². The lowest BCUT2D eigenvalue weighted by Crippen LogP contribution is -2.13. The van der Waals surface area contributed by atoms with E-state index in [9.17, 15) is 14.7 Å². The minimum atomic E-state index is -1.34. The van der Waals surface area contributed by atoms with E-state index in [1.807, 2.05) is 0 Å². The molecule has 0 saturated carbocycles. The van der Waals surface area contributed by atoms with Crippen molar-refractivity contribution in [3.63, 3.8) is 0 Å². The van der Waals surface area contributed by atoms with Crippen molar-refractivity contribution in [3.8, 4) is 11.5 Å². The third kappa shape index (κ3) is 3.30. The Hall–Kier alpha value is -3.02. The summed E-state index contributed by atoms with van der Waals surface area (Å²) in [5, 5.41) is 22.8. The molecule has 0 aliphatic carbocycles. The lowest BCUT2D eigenvalue weighted by Gasteiger charge is -2.12. The zero-order chi connectivity index (χ0) is 15.4. The maximum atomic E-state index is 12.1. The maximum Gasteiger partial charge on any atom is 0.335 e. The average Bonchev–Trinajstić information content (AvgIpc) is 2.49. The SMILES string of the molecule is COc1cccc(C(=O)Nc2ccc([O-])c(C(=O)O)c2)c1. The van der Waals surface area contributed by atoms with Gasteiger partial charge in [0, 0.05) is 11.3 Å². The van der Waals surface area contributed by atoms with Crippen LogP contribution in [-0.2, 0) is 0 Å². The summed E-state index contributed by atoms with van der Waals surface area (Å²) in [7, 11) is 1.49. The number of benzene rings is 2. The molecule has 108 valence electrons. The molecule has 0 bridgehead atoms. The Morgan fingerprint density at radius 3 is 2.62 bits per heavy atom. The van der Waals surface area contributed by atoms with Crippen LogP contribution in [0.5, 0.6) is 11.5 Å². The standard InChI is InChI=1S/C15H13NO5/c1-21-11-4-2-3-9(7-11)14(18)16-10-5-6-13(17)12(8-10)15(19)20/h2-8,17H,1H3,(H,16,18)(H,19,20)/p-1. The Labute approximate surface area is 120 Å². The first kappa shape index (κ1) is 14.4. The molecule has 6 nitrogen and oxygen atoms in total. The summed E-state index contributed by atoms with van der Waals surface area (Å²) in [6, 6.07) is 10.1. The molecule has 0 heterocycles. The molecule has 2 aromatic carbocycles. The quantitative estimate of drug-likeness (QED) is 0.891. The van der Waals surface area contributed by atoms with E-state index in [1.165, 1.54) is 13.2 Å². The van der Waals surface area contributed by atoms with Gasteiger partial charge in [-0.25, -0.2) is 4.79 Å². The summed E-state index contributed by atoms with van der Waals surface area (Å²) in [6.45, 7) is 0. The molecule has 0 spiro atoms. The number of carbonyl (C=O) groups is 2. The second-order valence-corrected chi connectivity index (χ2v) is 4.20. The van der Waals surface area contributed by atoms with Gasteiger partial charge in [-0.1, -0.05) is 17.9 Å². The molecule has 0 aromatic heterocycles. The average molecular weight is 286 g/mol. The number of aromatic carboxylic acids is 1. The molecule has 0 radical (unpaired) electrons. The van der Waals surface area contributed by atoms with Crippen LogP contribution in [0.3, 0.4) is 0 Å². The summed E-state index contributed by atoms with van der Waals surface area (Å²) >= 11 is 0. The highest BCUT2D eigenvalue weighted by Crippen LogP contribution is 2.20. The molecule has 0 atom stereocenters.